The van der Waals surface area contributed by atoms with E-state index in [9.17, 15) is 35.9 Å². The van der Waals surface area contributed by atoms with Crippen molar-refractivity contribution in [2.75, 3.05) is 14.2 Å². The van der Waals surface area contributed by atoms with Gasteiger partial charge in [-0.15, -0.1) is 0 Å². The van der Waals surface area contributed by atoms with Gasteiger partial charge in [-0.25, -0.2) is 9.59 Å². The van der Waals surface area contributed by atoms with Crippen LogP contribution in [-0.2, 0) is 40.7 Å². The maximum Gasteiger partial charge on any atom is 0.417 e. The molecule has 2 rings (SSSR count). The second-order valence-corrected chi connectivity index (χ2v) is 7.21. The van der Waals surface area contributed by atoms with Crippen molar-refractivity contribution in [2.45, 2.75) is 25.6 Å². The van der Waals surface area contributed by atoms with Crippen LogP contribution >= 0.6 is 0 Å². The molecule has 2 aromatic carbocycles. The third-order valence-corrected chi connectivity index (χ3v) is 3.78. The van der Waals surface area contributed by atoms with Crippen LogP contribution in [0.5, 0.6) is 0 Å². The van der Waals surface area contributed by atoms with Gasteiger partial charge >= 0.3 is 34.7 Å². The number of rotatable bonds is 4. The van der Waals surface area contributed by atoms with Crippen LogP contribution in [0.25, 0.3) is 0 Å². The number of carbonyl (C=O) groups excluding carboxylic acids is 1. The third-order valence-electron chi connectivity index (χ3n) is 3.78. The smallest absolute Gasteiger partial charge is 0.417 e. The predicted molar refractivity (Wildman–Crippen MR) is 115 cm³/mol. The standard InChI is InChI=1S/C10H9F3O3.C9H7F3O3.CH4O.H2O4S/c1-16-9(15)7-3-2-6(5-14)4-8(7)10(11,12)13;10-9(11,12)7-3-5(4-13)1-2-6(7)8(14)15;1-2;1-5(2,3)4/h2-4,14H,5H2,1H3;1-3,13H,4H2,(H,14,15);2H,1H3;(H2,1,2,3,4). The van der Waals surface area contributed by atoms with E-state index in [1.807, 2.05) is 0 Å². The molecule has 0 atom stereocenters. The number of esters is 1. The number of hydrogen-bond donors (Lipinski definition) is 6. The fourth-order valence-corrected chi connectivity index (χ4v) is 2.32. The largest absolute Gasteiger partial charge is 0.478 e. The van der Waals surface area contributed by atoms with Crippen LogP contribution in [0.15, 0.2) is 36.4 Å². The van der Waals surface area contributed by atoms with Gasteiger partial charge in [0, 0.05) is 7.11 Å². The number of halogens is 6. The molecule has 2 aromatic rings. The summed E-state index contributed by atoms with van der Waals surface area (Å²) in [5.74, 6) is -2.70. The number of benzene rings is 2. The van der Waals surface area contributed by atoms with E-state index in [4.69, 9.17) is 37.9 Å². The average molecular weight is 584 g/mol. The van der Waals surface area contributed by atoms with E-state index < -0.39 is 70.2 Å². The first-order valence-corrected chi connectivity index (χ1v) is 10.7. The lowest BCUT2D eigenvalue weighted by Crippen LogP contribution is -2.14. The van der Waals surface area contributed by atoms with Crippen LogP contribution < -0.4 is 0 Å². The number of aliphatic hydroxyl groups excluding tert-OH is 3. The number of carbonyl (C=O) groups is 2. The van der Waals surface area contributed by atoms with Crippen molar-refractivity contribution in [3.8, 4) is 0 Å². The number of alkyl halides is 6. The van der Waals surface area contributed by atoms with Gasteiger partial charge in [-0.1, -0.05) is 12.1 Å². The minimum atomic E-state index is -4.74. The van der Waals surface area contributed by atoms with Gasteiger partial charge in [-0.3, -0.25) is 9.11 Å². The number of carboxylic acid groups (broad SMARTS) is 1. The molecule has 18 heteroatoms. The zero-order valence-corrected chi connectivity index (χ0v) is 20.1. The Morgan fingerprint density at radius 1 is 0.789 bits per heavy atom. The molecular formula is C20H22F6O11S. The normalized spacial score (nSPS) is 11.0. The number of aromatic carboxylic acids is 1. The van der Waals surface area contributed by atoms with E-state index in [2.05, 4.69) is 4.74 Å². The molecule has 0 unspecified atom stereocenters. The maximum atomic E-state index is 12.6. The first-order chi connectivity index (χ1) is 17.3. The lowest BCUT2D eigenvalue weighted by Gasteiger charge is -2.12. The molecule has 0 heterocycles. The molecule has 0 saturated heterocycles. The van der Waals surface area contributed by atoms with Crippen molar-refractivity contribution in [1.29, 1.82) is 0 Å². The van der Waals surface area contributed by atoms with Crippen molar-refractivity contribution in [2.24, 2.45) is 0 Å². The molecule has 0 aromatic heterocycles. The number of methoxy groups -OCH3 is 1. The molecular weight excluding hydrogens is 562 g/mol. The molecule has 0 radical (unpaired) electrons. The highest BCUT2D eigenvalue weighted by atomic mass is 32.3. The van der Waals surface area contributed by atoms with Crippen molar-refractivity contribution in [3.63, 3.8) is 0 Å². The van der Waals surface area contributed by atoms with Gasteiger partial charge < -0.3 is 25.2 Å². The highest BCUT2D eigenvalue weighted by Gasteiger charge is 2.36. The van der Waals surface area contributed by atoms with Crippen LogP contribution in [0.3, 0.4) is 0 Å². The van der Waals surface area contributed by atoms with E-state index in [1.54, 1.807) is 0 Å². The summed E-state index contributed by atoms with van der Waals surface area (Å²) in [6.45, 7) is -1.09. The first kappa shape index (κ1) is 36.9. The van der Waals surface area contributed by atoms with E-state index in [1.165, 1.54) is 6.07 Å². The highest BCUT2D eigenvalue weighted by molar-refractivity contribution is 7.79. The Morgan fingerprint density at radius 2 is 1.11 bits per heavy atom. The van der Waals surface area contributed by atoms with Crippen molar-refractivity contribution in [3.05, 3.63) is 69.8 Å². The summed E-state index contributed by atoms with van der Waals surface area (Å²) in [7, 11) is -2.66. The number of carboxylic acids is 1. The summed E-state index contributed by atoms with van der Waals surface area (Å²) < 4.78 is 111. The Morgan fingerprint density at radius 3 is 1.37 bits per heavy atom. The second-order valence-electron chi connectivity index (χ2n) is 6.32. The molecule has 0 aliphatic heterocycles. The number of aliphatic hydroxyl groups is 3. The zero-order chi connectivity index (χ0) is 30.5. The molecule has 0 amide bonds. The van der Waals surface area contributed by atoms with E-state index in [-0.39, 0.29) is 11.1 Å². The van der Waals surface area contributed by atoms with Crippen LogP contribution in [0.4, 0.5) is 26.3 Å². The summed E-state index contributed by atoms with van der Waals surface area (Å²) in [6, 6.07) is 5.55. The van der Waals surface area contributed by atoms with Gasteiger partial charge in [0.2, 0.25) is 0 Å². The molecule has 0 aliphatic rings. The molecule has 0 aliphatic carbocycles. The van der Waals surface area contributed by atoms with Crippen molar-refractivity contribution in [1.82, 2.24) is 0 Å². The van der Waals surface area contributed by atoms with Gasteiger partial charge in [0.15, 0.2) is 0 Å². The maximum absolute atomic E-state index is 12.6. The van der Waals surface area contributed by atoms with Gasteiger partial charge in [0.25, 0.3) is 0 Å². The molecule has 6 N–H and O–H groups in total. The summed E-state index contributed by atoms with van der Waals surface area (Å²) >= 11 is 0. The fraction of sp³-hybridized carbons (Fsp3) is 0.300. The van der Waals surface area contributed by atoms with Gasteiger partial charge in [0.05, 0.1) is 42.6 Å². The van der Waals surface area contributed by atoms with Crippen molar-refractivity contribution < 1.29 is 78.6 Å². The molecule has 0 spiro atoms. The number of ether oxygens (including phenoxy) is 1. The molecule has 0 saturated carbocycles. The Balaban J connectivity index is 0. The highest BCUT2D eigenvalue weighted by Crippen LogP contribution is 2.34. The summed E-state index contributed by atoms with van der Waals surface area (Å²) in [4.78, 5) is 21.6. The van der Waals surface area contributed by atoms with Crippen LogP contribution in [0.1, 0.15) is 43.0 Å². The molecule has 0 fully saturated rings. The summed E-state index contributed by atoms with van der Waals surface area (Å²) in [5.41, 5.74) is -3.63. The predicted octanol–water partition coefficient (Wildman–Crippen LogP) is 2.84. The Labute approximate surface area is 211 Å². The lowest BCUT2D eigenvalue weighted by atomic mass is 10.0. The topological polar surface area (TPSA) is 199 Å². The van der Waals surface area contributed by atoms with E-state index in [0.717, 1.165) is 38.5 Å². The Bertz CT molecular complexity index is 1160. The van der Waals surface area contributed by atoms with Crippen molar-refractivity contribution >= 4 is 22.3 Å². The molecule has 0 bridgehead atoms. The van der Waals surface area contributed by atoms with Gasteiger partial charge in [-0.2, -0.15) is 34.8 Å². The molecule has 216 valence electrons. The van der Waals surface area contributed by atoms with Crippen LogP contribution in [0, 0.1) is 0 Å². The third kappa shape index (κ3) is 13.9. The summed E-state index contributed by atoms with van der Waals surface area (Å²) in [5, 5.41) is 32.9. The van der Waals surface area contributed by atoms with Gasteiger partial charge in [-0.05, 0) is 35.4 Å². The van der Waals surface area contributed by atoms with Gasteiger partial charge in [0.1, 0.15) is 0 Å². The minimum absolute atomic E-state index is 0.0207. The zero-order valence-electron chi connectivity index (χ0n) is 19.3. The van der Waals surface area contributed by atoms with E-state index in [0.29, 0.717) is 6.07 Å². The quantitative estimate of drug-likeness (QED) is 0.175. The van der Waals surface area contributed by atoms with Crippen LogP contribution in [-0.4, -0.2) is 64.1 Å². The Kier molecular flexibility index (Phi) is 15.4. The Hall–Kier alpha value is -3.29. The monoisotopic (exact) mass is 584 g/mol. The first-order valence-electron chi connectivity index (χ1n) is 9.34. The minimum Gasteiger partial charge on any atom is -0.478 e. The molecule has 38 heavy (non-hydrogen) atoms. The van der Waals surface area contributed by atoms with E-state index >= 15 is 0 Å². The second kappa shape index (κ2) is 15.8. The summed E-state index contributed by atoms with van der Waals surface area (Å²) in [6.07, 6.45) is -9.40. The fourth-order valence-electron chi connectivity index (χ4n) is 2.32. The molecule has 11 nitrogen and oxygen atoms in total. The SMILES string of the molecule is CO.COC(=O)c1ccc(CO)cc1C(F)(F)F.O=C(O)c1ccc(CO)cc1C(F)(F)F.O=S(=O)(O)O. The van der Waals surface area contributed by atoms with Crippen LogP contribution in [0.2, 0.25) is 0 Å². The average Bonchev–Trinajstić information content (AvgIpc) is 2.82. The number of hydrogen-bond acceptors (Lipinski definition) is 8. The lowest BCUT2D eigenvalue weighted by molar-refractivity contribution is -0.138.